The van der Waals surface area contributed by atoms with E-state index in [1.165, 1.54) is 4.90 Å². The molecule has 0 N–H and O–H groups in total. The number of nitriles is 1. The molecule has 3 rings (SSSR count). The monoisotopic (exact) mass is 405 g/mol. The average Bonchev–Trinajstić information content (AvgIpc) is 2.98. The first-order valence-electron chi connectivity index (χ1n) is 10.1. The standard InChI is InChI=1S/C23H27N5O2/c1-17-20(9-10-21(25-17)23(30)26(2)3)22(29)28-12-4-11-27(13-14-28)16-19-7-5-18(15-24)6-8-19/h5-10H,4,11-14,16H2,1-3H3. The number of carbonyl (C=O) groups excluding carboxylic acids is 2. The maximum atomic E-state index is 13.1. The zero-order chi connectivity index (χ0) is 21.7. The van der Waals surface area contributed by atoms with Gasteiger partial charge in [-0.3, -0.25) is 14.5 Å². The Hall–Kier alpha value is -3.24. The lowest BCUT2D eigenvalue weighted by atomic mass is 10.1. The van der Waals surface area contributed by atoms with Gasteiger partial charge in [-0.05, 0) is 43.2 Å². The number of nitrogens with zero attached hydrogens (tertiary/aromatic N) is 5. The summed E-state index contributed by atoms with van der Waals surface area (Å²) in [5.74, 6) is -0.214. The Morgan fingerprint density at radius 2 is 1.80 bits per heavy atom. The molecule has 0 aliphatic carbocycles. The second-order valence-corrected chi connectivity index (χ2v) is 7.76. The fourth-order valence-electron chi connectivity index (χ4n) is 3.58. The van der Waals surface area contributed by atoms with E-state index < -0.39 is 0 Å². The molecule has 2 aromatic rings. The van der Waals surface area contributed by atoms with E-state index >= 15 is 0 Å². The molecule has 1 aromatic carbocycles. The van der Waals surface area contributed by atoms with Gasteiger partial charge in [-0.15, -0.1) is 0 Å². The van der Waals surface area contributed by atoms with E-state index in [-0.39, 0.29) is 11.8 Å². The maximum absolute atomic E-state index is 13.1. The van der Waals surface area contributed by atoms with Crippen molar-refractivity contribution in [3.8, 4) is 6.07 Å². The molecule has 0 radical (unpaired) electrons. The van der Waals surface area contributed by atoms with Crippen molar-refractivity contribution in [2.24, 2.45) is 0 Å². The summed E-state index contributed by atoms with van der Waals surface area (Å²) in [5.41, 5.74) is 3.29. The summed E-state index contributed by atoms with van der Waals surface area (Å²) in [7, 11) is 3.36. The number of rotatable bonds is 4. The summed E-state index contributed by atoms with van der Waals surface area (Å²) in [6.45, 7) is 5.62. The lowest BCUT2D eigenvalue weighted by Crippen LogP contribution is -2.35. The topological polar surface area (TPSA) is 80.5 Å². The molecule has 7 nitrogen and oxygen atoms in total. The lowest BCUT2D eigenvalue weighted by Gasteiger charge is -2.23. The van der Waals surface area contributed by atoms with Crippen LogP contribution >= 0.6 is 0 Å². The number of amides is 2. The smallest absolute Gasteiger partial charge is 0.271 e. The van der Waals surface area contributed by atoms with Crippen LogP contribution in [0.3, 0.4) is 0 Å². The van der Waals surface area contributed by atoms with Crippen LogP contribution in [0.25, 0.3) is 0 Å². The van der Waals surface area contributed by atoms with Crippen LogP contribution in [0.15, 0.2) is 36.4 Å². The molecule has 1 aliphatic heterocycles. The molecule has 7 heteroatoms. The minimum atomic E-state index is -0.176. The van der Waals surface area contributed by atoms with Gasteiger partial charge in [0.25, 0.3) is 11.8 Å². The van der Waals surface area contributed by atoms with Gasteiger partial charge in [0.1, 0.15) is 5.69 Å². The van der Waals surface area contributed by atoms with Gasteiger partial charge in [0, 0.05) is 46.8 Å². The molecule has 2 amide bonds. The van der Waals surface area contributed by atoms with Gasteiger partial charge < -0.3 is 9.80 Å². The Morgan fingerprint density at radius 3 is 2.43 bits per heavy atom. The number of hydrogen-bond acceptors (Lipinski definition) is 5. The Balaban J connectivity index is 1.64. The second-order valence-electron chi connectivity index (χ2n) is 7.76. The number of hydrogen-bond donors (Lipinski definition) is 0. The van der Waals surface area contributed by atoms with Gasteiger partial charge in [0.15, 0.2) is 0 Å². The van der Waals surface area contributed by atoms with Crippen molar-refractivity contribution >= 4 is 11.8 Å². The zero-order valence-corrected chi connectivity index (χ0v) is 17.8. The summed E-state index contributed by atoms with van der Waals surface area (Å²) < 4.78 is 0. The van der Waals surface area contributed by atoms with Crippen LogP contribution in [0.2, 0.25) is 0 Å². The molecule has 1 saturated heterocycles. The number of aryl methyl sites for hydroxylation is 1. The first kappa shape index (κ1) is 21.5. The van der Waals surface area contributed by atoms with Crippen molar-refractivity contribution in [2.75, 3.05) is 40.3 Å². The van der Waals surface area contributed by atoms with Crippen molar-refractivity contribution in [2.45, 2.75) is 19.9 Å². The van der Waals surface area contributed by atoms with Crippen molar-refractivity contribution in [3.05, 3.63) is 64.5 Å². The Kier molecular flexibility index (Phi) is 6.80. The molecule has 1 fully saturated rings. The molecular formula is C23H27N5O2. The normalized spacial score (nSPS) is 14.7. The highest BCUT2D eigenvalue weighted by Crippen LogP contribution is 2.15. The number of pyridine rings is 1. The summed E-state index contributed by atoms with van der Waals surface area (Å²) in [4.78, 5) is 35.2. The number of benzene rings is 1. The highest BCUT2D eigenvalue weighted by molar-refractivity contribution is 5.97. The van der Waals surface area contributed by atoms with E-state index in [2.05, 4.69) is 16.0 Å². The first-order valence-corrected chi connectivity index (χ1v) is 10.1. The van der Waals surface area contributed by atoms with E-state index in [4.69, 9.17) is 5.26 Å². The molecule has 30 heavy (non-hydrogen) atoms. The molecule has 0 spiro atoms. The van der Waals surface area contributed by atoms with Gasteiger partial charge in [-0.25, -0.2) is 4.98 Å². The fourth-order valence-corrected chi connectivity index (χ4v) is 3.58. The third-order valence-electron chi connectivity index (χ3n) is 5.31. The van der Waals surface area contributed by atoms with Gasteiger partial charge in [-0.1, -0.05) is 12.1 Å². The molecule has 0 unspecified atom stereocenters. The third kappa shape index (κ3) is 5.02. The fraction of sp³-hybridized carbons (Fsp3) is 0.391. The molecule has 156 valence electrons. The summed E-state index contributed by atoms with van der Waals surface area (Å²) >= 11 is 0. The van der Waals surface area contributed by atoms with Gasteiger partial charge in [-0.2, -0.15) is 5.26 Å². The quantitative estimate of drug-likeness (QED) is 0.780. The zero-order valence-electron chi connectivity index (χ0n) is 17.8. The van der Waals surface area contributed by atoms with Crippen LogP contribution in [0, 0.1) is 18.3 Å². The second kappa shape index (κ2) is 9.51. The molecule has 0 bridgehead atoms. The van der Waals surface area contributed by atoms with Crippen molar-refractivity contribution in [1.29, 1.82) is 5.26 Å². The van der Waals surface area contributed by atoms with Gasteiger partial charge in [0.2, 0.25) is 0 Å². The lowest BCUT2D eigenvalue weighted by molar-refractivity contribution is 0.0757. The summed E-state index contributed by atoms with van der Waals surface area (Å²) in [6.07, 6.45) is 0.895. The van der Waals surface area contributed by atoms with Crippen LogP contribution in [0.4, 0.5) is 0 Å². The Bertz CT molecular complexity index is 963. The van der Waals surface area contributed by atoms with E-state index in [0.29, 0.717) is 35.6 Å². The Labute approximate surface area is 177 Å². The van der Waals surface area contributed by atoms with Crippen LogP contribution < -0.4 is 0 Å². The van der Waals surface area contributed by atoms with Crippen molar-refractivity contribution in [3.63, 3.8) is 0 Å². The van der Waals surface area contributed by atoms with E-state index in [1.807, 2.05) is 29.2 Å². The highest BCUT2D eigenvalue weighted by Gasteiger charge is 2.23. The van der Waals surface area contributed by atoms with E-state index in [1.54, 1.807) is 33.2 Å². The molecule has 1 aliphatic rings. The van der Waals surface area contributed by atoms with E-state index in [0.717, 1.165) is 31.6 Å². The highest BCUT2D eigenvalue weighted by atomic mass is 16.2. The maximum Gasteiger partial charge on any atom is 0.271 e. The van der Waals surface area contributed by atoms with Crippen molar-refractivity contribution < 1.29 is 9.59 Å². The SMILES string of the molecule is Cc1nc(C(=O)N(C)C)ccc1C(=O)N1CCCN(Cc2ccc(C#N)cc2)CC1. The number of carbonyl (C=O) groups is 2. The van der Waals surface area contributed by atoms with E-state index in [9.17, 15) is 9.59 Å². The summed E-state index contributed by atoms with van der Waals surface area (Å²) in [6, 6.07) is 13.1. The first-order chi connectivity index (χ1) is 14.4. The largest absolute Gasteiger partial charge is 0.343 e. The predicted molar refractivity (Wildman–Crippen MR) is 114 cm³/mol. The van der Waals surface area contributed by atoms with Crippen LogP contribution in [-0.2, 0) is 6.54 Å². The van der Waals surface area contributed by atoms with Crippen LogP contribution in [0.5, 0.6) is 0 Å². The predicted octanol–water partition coefficient (Wildman–Crippen LogP) is 2.31. The van der Waals surface area contributed by atoms with Crippen LogP contribution in [0.1, 0.15) is 44.1 Å². The van der Waals surface area contributed by atoms with Crippen molar-refractivity contribution in [1.82, 2.24) is 19.7 Å². The summed E-state index contributed by atoms with van der Waals surface area (Å²) in [5, 5.41) is 8.93. The molecular weight excluding hydrogens is 378 g/mol. The molecule has 1 aromatic heterocycles. The Morgan fingerprint density at radius 1 is 1.07 bits per heavy atom. The molecule has 0 atom stereocenters. The van der Waals surface area contributed by atoms with Gasteiger partial charge >= 0.3 is 0 Å². The van der Waals surface area contributed by atoms with Gasteiger partial charge in [0.05, 0.1) is 22.9 Å². The molecule has 0 saturated carbocycles. The molecule has 2 heterocycles. The minimum absolute atomic E-state index is 0.0379. The minimum Gasteiger partial charge on any atom is -0.343 e. The average molecular weight is 406 g/mol. The van der Waals surface area contributed by atoms with Crippen LogP contribution in [-0.4, -0.2) is 71.8 Å². The third-order valence-corrected chi connectivity index (χ3v) is 5.31. The number of aromatic nitrogens is 1.